The number of hydrogen-bond acceptors (Lipinski definition) is 4. The largest absolute Gasteiger partial charge is 0.348 e. The standard InChI is InChI=1S/C24H29N5O3/c1-15-16(2)28(5)20-8-7-18(12-19(15)20)25-23(31)21-14-29(11-10-26(21)3)24(32)17-6-9-22(30)27(4)13-17/h6-9,12-13,21H,10-11,14H2,1-5H3,(H,25,31). The van der Waals surface area contributed by atoms with Crippen molar-refractivity contribution in [1.82, 2.24) is 18.9 Å². The van der Waals surface area contributed by atoms with Gasteiger partial charge in [-0.2, -0.15) is 0 Å². The SMILES string of the molecule is Cc1c(C)n(C)c2ccc(NC(=O)C3CN(C(=O)c4ccc(=O)n(C)c4)CCN3C)cc12. The zero-order chi connectivity index (χ0) is 23.2. The molecule has 0 saturated carbocycles. The smallest absolute Gasteiger partial charge is 0.255 e. The van der Waals surface area contributed by atoms with E-state index < -0.39 is 6.04 Å². The number of benzene rings is 1. The monoisotopic (exact) mass is 435 g/mol. The lowest BCUT2D eigenvalue weighted by atomic mass is 10.1. The highest BCUT2D eigenvalue weighted by atomic mass is 16.2. The van der Waals surface area contributed by atoms with Gasteiger partial charge in [0, 0.05) is 68.3 Å². The van der Waals surface area contributed by atoms with E-state index in [0.717, 1.165) is 16.6 Å². The summed E-state index contributed by atoms with van der Waals surface area (Å²) < 4.78 is 3.53. The Morgan fingerprint density at radius 3 is 2.50 bits per heavy atom. The van der Waals surface area contributed by atoms with Gasteiger partial charge in [-0.25, -0.2) is 0 Å². The summed E-state index contributed by atoms with van der Waals surface area (Å²) in [6.07, 6.45) is 1.54. The third-order valence-electron chi connectivity index (χ3n) is 6.65. The van der Waals surface area contributed by atoms with Gasteiger partial charge in [0.05, 0.1) is 5.56 Å². The minimum atomic E-state index is -0.463. The Bertz CT molecular complexity index is 1270. The number of amides is 2. The van der Waals surface area contributed by atoms with Crippen molar-refractivity contribution < 1.29 is 9.59 Å². The Labute approximate surface area is 187 Å². The van der Waals surface area contributed by atoms with Crippen molar-refractivity contribution in [2.75, 3.05) is 32.0 Å². The van der Waals surface area contributed by atoms with E-state index in [1.165, 1.54) is 34.2 Å². The highest BCUT2D eigenvalue weighted by molar-refractivity contribution is 5.99. The van der Waals surface area contributed by atoms with Gasteiger partial charge in [0.1, 0.15) is 6.04 Å². The number of anilines is 1. The van der Waals surface area contributed by atoms with Crippen molar-refractivity contribution in [2.24, 2.45) is 14.1 Å². The summed E-state index contributed by atoms with van der Waals surface area (Å²) in [5, 5.41) is 4.15. The molecule has 2 aromatic heterocycles. The van der Waals surface area contributed by atoms with Crippen LogP contribution in [0.15, 0.2) is 41.3 Å². The topological polar surface area (TPSA) is 79.6 Å². The van der Waals surface area contributed by atoms with Gasteiger partial charge in [0.25, 0.3) is 5.91 Å². The van der Waals surface area contributed by atoms with Crippen molar-refractivity contribution in [1.29, 1.82) is 0 Å². The number of fused-ring (bicyclic) bond motifs is 1. The number of hydrogen-bond donors (Lipinski definition) is 1. The van der Waals surface area contributed by atoms with Gasteiger partial charge in [0.2, 0.25) is 11.5 Å². The first-order valence-corrected chi connectivity index (χ1v) is 10.7. The van der Waals surface area contributed by atoms with Crippen molar-refractivity contribution in [3.8, 4) is 0 Å². The first kappa shape index (κ1) is 21.8. The molecule has 8 heteroatoms. The number of aryl methyl sites for hydroxylation is 3. The maximum atomic E-state index is 13.1. The second kappa shape index (κ2) is 8.27. The van der Waals surface area contributed by atoms with Gasteiger partial charge < -0.3 is 19.4 Å². The summed E-state index contributed by atoms with van der Waals surface area (Å²) in [5.41, 5.74) is 4.53. The Morgan fingerprint density at radius 1 is 1.03 bits per heavy atom. The molecule has 32 heavy (non-hydrogen) atoms. The van der Waals surface area contributed by atoms with Crippen LogP contribution in [0.2, 0.25) is 0 Å². The fourth-order valence-corrected chi connectivity index (χ4v) is 4.30. The maximum Gasteiger partial charge on any atom is 0.255 e. The van der Waals surface area contributed by atoms with Crippen molar-refractivity contribution in [2.45, 2.75) is 19.9 Å². The highest BCUT2D eigenvalue weighted by Gasteiger charge is 2.32. The van der Waals surface area contributed by atoms with E-state index in [4.69, 9.17) is 0 Å². The van der Waals surface area contributed by atoms with E-state index >= 15 is 0 Å². The average molecular weight is 436 g/mol. The number of carbonyl (C=O) groups is 2. The first-order chi connectivity index (χ1) is 15.2. The molecule has 0 bridgehead atoms. The molecule has 0 radical (unpaired) electrons. The summed E-state index contributed by atoms with van der Waals surface area (Å²) in [4.78, 5) is 41.4. The maximum absolute atomic E-state index is 13.1. The van der Waals surface area contributed by atoms with E-state index in [1.807, 2.05) is 37.2 Å². The predicted octanol–water partition coefficient (Wildman–Crippen LogP) is 1.89. The number of nitrogens with zero attached hydrogens (tertiary/aromatic N) is 4. The Balaban J connectivity index is 1.52. The summed E-state index contributed by atoms with van der Waals surface area (Å²) in [5.74, 6) is -0.321. The molecule has 3 heterocycles. The second-order valence-electron chi connectivity index (χ2n) is 8.61. The molecule has 1 atom stereocenters. The molecule has 1 saturated heterocycles. The number of rotatable bonds is 3. The summed E-state index contributed by atoms with van der Waals surface area (Å²) in [6.45, 7) is 5.57. The van der Waals surface area contributed by atoms with Crippen LogP contribution in [0.4, 0.5) is 5.69 Å². The minimum Gasteiger partial charge on any atom is -0.348 e. The van der Waals surface area contributed by atoms with Crippen molar-refractivity contribution in [3.05, 3.63) is 63.7 Å². The molecular formula is C24H29N5O3. The van der Waals surface area contributed by atoms with Crippen LogP contribution in [0, 0.1) is 13.8 Å². The lowest BCUT2D eigenvalue weighted by molar-refractivity contribution is -0.122. The second-order valence-corrected chi connectivity index (χ2v) is 8.61. The number of nitrogens with one attached hydrogen (secondary N) is 1. The minimum absolute atomic E-state index is 0.143. The third-order valence-corrected chi connectivity index (χ3v) is 6.65. The van der Waals surface area contributed by atoms with Gasteiger partial charge in [-0.05, 0) is 50.7 Å². The van der Waals surface area contributed by atoms with Crippen molar-refractivity contribution in [3.63, 3.8) is 0 Å². The third kappa shape index (κ3) is 3.82. The molecule has 1 aromatic carbocycles. The fourth-order valence-electron chi connectivity index (χ4n) is 4.30. The molecule has 0 aliphatic carbocycles. The molecule has 168 valence electrons. The van der Waals surface area contributed by atoms with Crippen LogP contribution >= 0.6 is 0 Å². The van der Waals surface area contributed by atoms with Crippen LogP contribution in [-0.4, -0.2) is 63.5 Å². The van der Waals surface area contributed by atoms with Gasteiger partial charge in [0.15, 0.2) is 0 Å². The van der Waals surface area contributed by atoms with Crippen molar-refractivity contribution >= 4 is 28.4 Å². The Morgan fingerprint density at radius 2 is 1.78 bits per heavy atom. The molecule has 8 nitrogen and oxygen atoms in total. The molecule has 3 aromatic rings. The van der Waals surface area contributed by atoms with Crippen LogP contribution in [0.1, 0.15) is 21.6 Å². The molecule has 1 unspecified atom stereocenters. The fraction of sp³-hybridized carbons (Fsp3) is 0.375. The molecule has 4 rings (SSSR count). The molecule has 1 fully saturated rings. The van der Waals surface area contributed by atoms with Gasteiger partial charge in [-0.3, -0.25) is 19.3 Å². The quantitative estimate of drug-likeness (QED) is 0.682. The summed E-state index contributed by atoms with van der Waals surface area (Å²) in [6, 6.07) is 8.40. The van der Waals surface area contributed by atoms with E-state index in [-0.39, 0.29) is 23.9 Å². The average Bonchev–Trinajstić information content (AvgIpc) is 2.99. The van der Waals surface area contributed by atoms with Gasteiger partial charge in [-0.15, -0.1) is 0 Å². The number of pyridine rings is 1. The molecular weight excluding hydrogens is 406 g/mol. The van der Waals surface area contributed by atoms with Crippen LogP contribution in [0.25, 0.3) is 10.9 Å². The lowest BCUT2D eigenvalue weighted by Gasteiger charge is -2.38. The van der Waals surface area contributed by atoms with E-state index in [1.54, 1.807) is 11.9 Å². The van der Waals surface area contributed by atoms with E-state index in [0.29, 0.717) is 18.7 Å². The Kier molecular flexibility index (Phi) is 5.64. The zero-order valence-corrected chi connectivity index (χ0v) is 19.2. The van der Waals surface area contributed by atoms with Crippen LogP contribution in [-0.2, 0) is 18.9 Å². The number of likely N-dealkylation sites (N-methyl/N-ethyl adjacent to an activating group) is 1. The Hall–Kier alpha value is -3.39. The van der Waals surface area contributed by atoms with Gasteiger partial charge in [-0.1, -0.05) is 0 Å². The summed E-state index contributed by atoms with van der Waals surface area (Å²) >= 11 is 0. The molecule has 2 amide bonds. The summed E-state index contributed by atoms with van der Waals surface area (Å²) in [7, 11) is 5.55. The molecule has 1 aliphatic rings. The number of aromatic nitrogens is 2. The zero-order valence-electron chi connectivity index (χ0n) is 19.2. The first-order valence-electron chi connectivity index (χ1n) is 10.7. The molecule has 1 aliphatic heterocycles. The van der Waals surface area contributed by atoms with Gasteiger partial charge >= 0.3 is 0 Å². The number of piperazine rings is 1. The van der Waals surface area contributed by atoms with Crippen LogP contribution in [0.3, 0.4) is 0 Å². The van der Waals surface area contributed by atoms with E-state index in [2.05, 4.69) is 23.7 Å². The number of carbonyl (C=O) groups excluding carboxylic acids is 2. The molecule has 1 N–H and O–H groups in total. The molecule has 0 spiro atoms. The normalized spacial score (nSPS) is 17.0. The highest BCUT2D eigenvalue weighted by Crippen LogP contribution is 2.27. The lowest BCUT2D eigenvalue weighted by Crippen LogP contribution is -2.57. The van der Waals surface area contributed by atoms with E-state index in [9.17, 15) is 14.4 Å². The van der Waals surface area contributed by atoms with Crippen LogP contribution < -0.4 is 10.9 Å². The predicted molar refractivity (Wildman–Crippen MR) is 125 cm³/mol. The van der Waals surface area contributed by atoms with Crippen LogP contribution in [0.5, 0.6) is 0 Å².